The fourth-order valence-corrected chi connectivity index (χ4v) is 1.84. The van der Waals surface area contributed by atoms with Crippen molar-refractivity contribution < 1.29 is 9.18 Å². The molecule has 1 rings (SSSR count). The molecule has 0 aliphatic heterocycles. The molecule has 76 valence electrons. The summed E-state index contributed by atoms with van der Waals surface area (Å²) in [5.74, 6) is -0.396. The molecule has 0 saturated heterocycles. The van der Waals surface area contributed by atoms with Crippen molar-refractivity contribution >= 4 is 33.8 Å². The van der Waals surface area contributed by atoms with Gasteiger partial charge in [-0.25, -0.2) is 4.39 Å². The average Bonchev–Trinajstić information content (AvgIpc) is 2.18. The summed E-state index contributed by atoms with van der Waals surface area (Å²) in [6.45, 7) is 0. The minimum atomic E-state index is -0.396. The number of hydrogen-bond donors (Lipinski definition) is 0. The van der Waals surface area contributed by atoms with Gasteiger partial charge in [0.25, 0.3) is 0 Å². The first kappa shape index (κ1) is 11.7. The number of rotatable bonds is 4. The molecule has 0 fully saturated rings. The van der Waals surface area contributed by atoms with Crippen LogP contribution in [0.3, 0.4) is 0 Å². The van der Waals surface area contributed by atoms with Crippen molar-refractivity contribution in [2.45, 2.75) is 19.3 Å². The van der Waals surface area contributed by atoms with Crippen LogP contribution >= 0.6 is 27.5 Å². The van der Waals surface area contributed by atoms with Crippen molar-refractivity contribution in [1.82, 2.24) is 0 Å². The lowest BCUT2D eigenvalue weighted by Crippen LogP contribution is -1.94. The zero-order valence-corrected chi connectivity index (χ0v) is 9.74. The van der Waals surface area contributed by atoms with Gasteiger partial charge in [-0.1, -0.05) is 27.5 Å². The van der Waals surface area contributed by atoms with E-state index in [-0.39, 0.29) is 5.02 Å². The van der Waals surface area contributed by atoms with Crippen LogP contribution in [0.4, 0.5) is 4.39 Å². The zero-order valence-electron chi connectivity index (χ0n) is 7.40. The number of halogens is 3. The second kappa shape index (κ2) is 5.47. The van der Waals surface area contributed by atoms with Gasteiger partial charge in [-0.15, -0.1) is 0 Å². The fraction of sp³-hybridized carbons (Fsp3) is 0.300. The van der Waals surface area contributed by atoms with Gasteiger partial charge in [0.05, 0.1) is 5.02 Å². The largest absolute Gasteiger partial charge is 0.303 e. The van der Waals surface area contributed by atoms with Gasteiger partial charge in [0, 0.05) is 16.5 Å². The van der Waals surface area contributed by atoms with E-state index in [1.165, 1.54) is 6.07 Å². The molecule has 1 aromatic rings. The molecule has 0 unspecified atom stereocenters. The number of unbranched alkanes of at least 4 members (excludes halogenated alkanes) is 1. The molecule has 1 aromatic carbocycles. The lowest BCUT2D eigenvalue weighted by molar-refractivity contribution is -0.107. The quantitative estimate of drug-likeness (QED) is 0.466. The number of carbonyl (C=O) groups excluding carboxylic acids is 1. The maximum Gasteiger partial charge on any atom is 0.146 e. The fourth-order valence-electron chi connectivity index (χ4n) is 1.16. The van der Waals surface area contributed by atoms with Crippen LogP contribution in [0.15, 0.2) is 16.6 Å². The number of benzene rings is 1. The standard InChI is InChI=1S/C10H9BrClFO/c11-8-4-5-9(12)10(13)7(8)3-1-2-6-14/h4-6H,1-3H2. The molecule has 0 saturated carbocycles. The molecule has 0 aliphatic carbocycles. The molecule has 14 heavy (non-hydrogen) atoms. The van der Waals surface area contributed by atoms with Crippen molar-refractivity contribution in [3.05, 3.63) is 33.0 Å². The highest BCUT2D eigenvalue weighted by atomic mass is 79.9. The van der Waals surface area contributed by atoms with E-state index in [1.807, 2.05) is 0 Å². The molecule has 0 N–H and O–H groups in total. The van der Waals surface area contributed by atoms with Crippen molar-refractivity contribution in [1.29, 1.82) is 0 Å². The van der Waals surface area contributed by atoms with Gasteiger partial charge < -0.3 is 4.79 Å². The maximum atomic E-state index is 13.4. The SMILES string of the molecule is O=CCCCc1c(Br)ccc(Cl)c1F. The summed E-state index contributed by atoms with van der Waals surface area (Å²) in [6, 6.07) is 3.21. The molecule has 0 heterocycles. The van der Waals surface area contributed by atoms with E-state index in [4.69, 9.17) is 11.6 Å². The van der Waals surface area contributed by atoms with Crippen molar-refractivity contribution in [3.8, 4) is 0 Å². The highest BCUT2D eigenvalue weighted by molar-refractivity contribution is 9.10. The highest BCUT2D eigenvalue weighted by Gasteiger charge is 2.09. The van der Waals surface area contributed by atoms with Crippen LogP contribution in [-0.2, 0) is 11.2 Å². The lowest BCUT2D eigenvalue weighted by Gasteiger charge is -2.05. The molecule has 0 radical (unpaired) electrons. The number of hydrogen-bond acceptors (Lipinski definition) is 1. The van der Waals surface area contributed by atoms with Crippen LogP contribution in [0, 0.1) is 5.82 Å². The summed E-state index contributed by atoms with van der Waals surface area (Å²) < 4.78 is 14.1. The van der Waals surface area contributed by atoms with Gasteiger partial charge in [0.1, 0.15) is 12.1 Å². The summed E-state index contributed by atoms with van der Waals surface area (Å²) >= 11 is 8.88. The molecule has 0 atom stereocenters. The van der Waals surface area contributed by atoms with E-state index in [9.17, 15) is 9.18 Å². The molecule has 0 aliphatic rings. The third-order valence-corrected chi connectivity index (χ3v) is 2.92. The van der Waals surface area contributed by atoms with Gasteiger partial charge >= 0.3 is 0 Å². The topological polar surface area (TPSA) is 17.1 Å². The summed E-state index contributed by atoms with van der Waals surface area (Å²) in [4.78, 5) is 10.1. The van der Waals surface area contributed by atoms with Crippen molar-refractivity contribution in [3.63, 3.8) is 0 Å². The van der Waals surface area contributed by atoms with Crippen LogP contribution in [0.1, 0.15) is 18.4 Å². The molecule has 1 nitrogen and oxygen atoms in total. The molecule has 4 heteroatoms. The van der Waals surface area contributed by atoms with E-state index < -0.39 is 5.82 Å². The van der Waals surface area contributed by atoms with Crippen LogP contribution < -0.4 is 0 Å². The molecular weight excluding hydrogens is 270 g/mol. The van der Waals surface area contributed by atoms with Gasteiger partial charge in [-0.3, -0.25) is 0 Å². The maximum absolute atomic E-state index is 13.4. The van der Waals surface area contributed by atoms with Crippen molar-refractivity contribution in [2.24, 2.45) is 0 Å². The van der Waals surface area contributed by atoms with E-state index in [1.54, 1.807) is 6.07 Å². The van der Waals surface area contributed by atoms with Crippen LogP contribution in [0.5, 0.6) is 0 Å². The van der Waals surface area contributed by atoms with Gasteiger partial charge in [0.15, 0.2) is 0 Å². The summed E-state index contributed by atoms with van der Waals surface area (Å²) in [6.07, 6.45) is 2.43. The molecule has 0 aromatic heterocycles. The minimum Gasteiger partial charge on any atom is -0.303 e. The summed E-state index contributed by atoms with van der Waals surface area (Å²) in [5.41, 5.74) is 0.541. The third-order valence-electron chi connectivity index (χ3n) is 1.89. The average molecular weight is 280 g/mol. The third kappa shape index (κ3) is 2.79. The predicted octanol–water partition coefficient (Wildman–Crippen LogP) is 3.76. The lowest BCUT2D eigenvalue weighted by atomic mass is 10.1. The van der Waals surface area contributed by atoms with Gasteiger partial charge in [-0.05, 0) is 25.0 Å². The Labute approximate surface area is 95.4 Å². The van der Waals surface area contributed by atoms with Gasteiger partial charge in [0.2, 0.25) is 0 Å². The summed E-state index contributed by atoms with van der Waals surface area (Å²) in [5, 5.41) is 0.120. The Morgan fingerprint density at radius 2 is 2.21 bits per heavy atom. The Balaban J connectivity index is 2.83. The highest BCUT2D eigenvalue weighted by Crippen LogP contribution is 2.26. The summed E-state index contributed by atoms with van der Waals surface area (Å²) in [7, 11) is 0. The molecule has 0 spiro atoms. The predicted molar refractivity (Wildman–Crippen MR) is 58.1 cm³/mol. The Kier molecular flexibility index (Phi) is 4.55. The Morgan fingerprint density at radius 1 is 1.50 bits per heavy atom. The van der Waals surface area contributed by atoms with E-state index in [0.29, 0.717) is 29.3 Å². The van der Waals surface area contributed by atoms with Crippen LogP contribution in [0.2, 0.25) is 5.02 Å². The van der Waals surface area contributed by atoms with E-state index in [0.717, 1.165) is 6.29 Å². The van der Waals surface area contributed by atoms with Crippen LogP contribution in [-0.4, -0.2) is 6.29 Å². The normalized spacial score (nSPS) is 10.2. The first-order valence-corrected chi connectivity index (χ1v) is 5.40. The monoisotopic (exact) mass is 278 g/mol. The second-order valence-corrected chi connectivity index (χ2v) is 4.14. The first-order valence-electron chi connectivity index (χ1n) is 4.23. The van der Waals surface area contributed by atoms with Crippen LogP contribution in [0.25, 0.3) is 0 Å². The number of carbonyl (C=O) groups is 1. The molecular formula is C10H9BrClFO. The number of aldehydes is 1. The Morgan fingerprint density at radius 3 is 2.86 bits per heavy atom. The Bertz CT molecular complexity index is 341. The van der Waals surface area contributed by atoms with Crippen molar-refractivity contribution in [2.75, 3.05) is 0 Å². The smallest absolute Gasteiger partial charge is 0.146 e. The second-order valence-electron chi connectivity index (χ2n) is 2.88. The zero-order chi connectivity index (χ0) is 10.6. The van der Waals surface area contributed by atoms with Gasteiger partial charge in [-0.2, -0.15) is 0 Å². The Hall–Kier alpha value is -0.410. The minimum absolute atomic E-state index is 0.120. The molecule has 0 bridgehead atoms. The van der Waals surface area contributed by atoms with E-state index in [2.05, 4.69) is 15.9 Å². The molecule has 0 amide bonds. The van der Waals surface area contributed by atoms with E-state index >= 15 is 0 Å². The first-order chi connectivity index (χ1) is 6.66.